The molecule has 132 valence electrons. The van der Waals surface area contributed by atoms with E-state index in [4.69, 9.17) is 0 Å². The minimum absolute atomic E-state index is 0.797. The van der Waals surface area contributed by atoms with Gasteiger partial charge in [0, 0.05) is 24.8 Å². The van der Waals surface area contributed by atoms with Gasteiger partial charge in [0.15, 0.2) is 0 Å². The molecule has 0 bridgehead atoms. The minimum atomic E-state index is 0.797. The zero-order valence-electron chi connectivity index (χ0n) is 15.3. The van der Waals surface area contributed by atoms with E-state index in [0.29, 0.717) is 0 Å². The second-order valence-electron chi connectivity index (χ2n) is 6.52. The molecule has 2 aromatic rings. The lowest BCUT2D eigenvalue weighted by atomic mass is 9.97. The Balaban J connectivity index is 1.70. The summed E-state index contributed by atoms with van der Waals surface area (Å²) in [6, 6.07) is 12.4. The Morgan fingerprint density at radius 2 is 1.96 bits per heavy atom. The van der Waals surface area contributed by atoms with E-state index in [1.165, 1.54) is 25.7 Å². The topological polar surface area (TPSA) is 41.0 Å². The average molecular weight is 336 g/mol. The first-order chi connectivity index (χ1) is 12.3. The molecule has 0 saturated carbocycles. The Hall–Kier alpha value is -2.36. The van der Waals surface area contributed by atoms with Crippen molar-refractivity contribution in [2.75, 3.05) is 23.3 Å². The van der Waals surface area contributed by atoms with Crippen molar-refractivity contribution in [1.82, 2.24) is 9.97 Å². The SMILES string of the molecule is CCN(c1ccccc1)c1cc(NCCC2=CCCCC2)nc(C)n1. The van der Waals surface area contributed by atoms with Crippen molar-refractivity contribution < 1.29 is 0 Å². The summed E-state index contributed by atoms with van der Waals surface area (Å²) in [7, 11) is 0. The fourth-order valence-corrected chi connectivity index (χ4v) is 3.35. The maximum Gasteiger partial charge on any atom is 0.138 e. The van der Waals surface area contributed by atoms with Crippen molar-refractivity contribution in [3.8, 4) is 0 Å². The van der Waals surface area contributed by atoms with E-state index in [9.17, 15) is 0 Å². The molecule has 1 aliphatic rings. The number of hydrogen-bond acceptors (Lipinski definition) is 4. The van der Waals surface area contributed by atoms with E-state index in [0.717, 1.165) is 42.7 Å². The number of aromatic nitrogens is 2. The molecule has 1 aromatic heterocycles. The normalized spacial score (nSPS) is 14.1. The molecule has 1 N–H and O–H groups in total. The Labute approximate surface area is 151 Å². The molecule has 0 spiro atoms. The summed E-state index contributed by atoms with van der Waals surface area (Å²) in [5.41, 5.74) is 2.74. The number of nitrogens with zero attached hydrogens (tertiary/aromatic N) is 3. The largest absolute Gasteiger partial charge is 0.370 e. The van der Waals surface area contributed by atoms with Crippen molar-refractivity contribution in [2.24, 2.45) is 0 Å². The van der Waals surface area contributed by atoms with Crippen molar-refractivity contribution in [2.45, 2.75) is 46.0 Å². The number of rotatable bonds is 7. The monoisotopic (exact) mass is 336 g/mol. The lowest BCUT2D eigenvalue weighted by Crippen LogP contribution is -2.18. The molecule has 25 heavy (non-hydrogen) atoms. The molecular weight excluding hydrogens is 308 g/mol. The number of para-hydroxylation sites is 1. The van der Waals surface area contributed by atoms with Gasteiger partial charge in [-0.2, -0.15) is 0 Å². The zero-order chi connectivity index (χ0) is 17.5. The molecule has 1 aromatic carbocycles. The first-order valence-corrected chi connectivity index (χ1v) is 9.36. The van der Waals surface area contributed by atoms with Crippen LogP contribution in [0.25, 0.3) is 0 Å². The zero-order valence-corrected chi connectivity index (χ0v) is 15.3. The molecule has 4 nitrogen and oxygen atoms in total. The van der Waals surface area contributed by atoms with Gasteiger partial charge in [-0.15, -0.1) is 0 Å². The van der Waals surface area contributed by atoms with Gasteiger partial charge >= 0.3 is 0 Å². The summed E-state index contributed by atoms with van der Waals surface area (Å²) < 4.78 is 0. The number of allylic oxidation sites excluding steroid dienone is 1. The number of hydrogen-bond donors (Lipinski definition) is 1. The lowest BCUT2D eigenvalue weighted by Gasteiger charge is -2.23. The quantitative estimate of drug-likeness (QED) is 0.702. The molecular formula is C21H28N4. The van der Waals surface area contributed by atoms with Crippen LogP contribution in [0.5, 0.6) is 0 Å². The van der Waals surface area contributed by atoms with Crippen molar-refractivity contribution in [3.05, 3.63) is 53.9 Å². The molecule has 0 amide bonds. The summed E-state index contributed by atoms with van der Waals surface area (Å²) in [5, 5.41) is 3.48. The predicted molar refractivity (Wildman–Crippen MR) is 106 cm³/mol. The Bertz CT molecular complexity index is 709. The second-order valence-corrected chi connectivity index (χ2v) is 6.52. The van der Waals surface area contributed by atoms with Crippen LogP contribution in [-0.4, -0.2) is 23.1 Å². The van der Waals surface area contributed by atoms with Crippen LogP contribution in [0.4, 0.5) is 17.3 Å². The van der Waals surface area contributed by atoms with Crippen molar-refractivity contribution in [1.29, 1.82) is 0 Å². The van der Waals surface area contributed by atoms with Crippen LogP contribution in [0.1, 0.15) is 44.9 Å². The molecule has 0 radical (unpaired) electrons. The third-order valence-corrected chi connectivity index (χ3v) is 4.62. The molecule has 0 atom stereocenters. The number of anilines is 3. The van der Waals surface area contributed by atoms with Gasteiger partial charge in [0.1, 0.15) is 17.5 Å². The van der Waals surface area contributed by atoms with Crippen molar-refractivity contribution in [3.63, 3.8) is 0 Å². The third-order valence-electron chi connectivity index (χ3n) is 4.62. The third kappa shape index (κ3) is 4.81. The van der Waals surface area contributed by atoms with E-state index < -0.39 is 0 Å². The van der Waals surface area contributed by atoms with Gasteiger partial charge in [-0.1, -0.05) is 29.8 Å². The fraction of sp³-hybridized carbons (Fsp3) is 0.429. The lowest BCUT2D eigenvalue weighted by molar-refractivity contribution is 0.679. The highest BCUT2D eigenvalue weighted by molar-refractivity contribution is 5.62. The van der Waals surface area contributed by atoms with Crippen LogP contribution in [0.2, 0.25) is 0 Å². The molecule has 1 aliphatic carbocycles. The van der Waals surface area contributed by atoms with E-state index in [1.54, 1.807) is 5.57 Å². The molecule has 0 fully saturated rings. The smallest absolute Gasteiger partial charge is 0.138 e. The van der Waals surface area contributed by atoms with Gasteiger partial charge in [0.2, 0.25) is 0 Å². The van der Waals surface area contributed by atoms with E-state index in [2.05, 4.69) is 63.5 Å². The fourth-order valence-electron chi connectivity index (χ4n) is 3.35. The molecule has 1 heterocycles. The summed E-state index contributed by atoms with van der Waals surface area (Å²) >= 11 is 0. The Morgan fingerprint density at radius 3 is 2.68 bits per heavy atom. The summed E-state index contributed by atoms with van der Waals surface area (Å²) in [4.78, 5) is 11.4. The van der Waals surface area contributed by atoms with Gasteiger partial charge in [-0.25, -0.2) is 9.97 Å². The standard InChI is InChI=1S/C21H28N4/c1-3-25(19-12-8-5-9-13-19)21-16-20(23-17(2)24-21)22-15-14-18-10-6-4-7-11-18/h5,8-10,12-13,16H,3-4,6-7,11,14-15H2,1-2H3,(H,22,23,24). The van der Waals surface area contributed by atoms with E-state index >= 15 is 0 Å². The van der Waals surface area contributed by atoms with Crippen LogP contribution in [0.15, 0.2) is 48.0 Å². The maximum absolute atomic E-state index is 4.64. The van der Waals surface area contributed by atoms with Gasteiger partial charge < -0.3 is 10.2 Å². The number of aryl methyl sites for hydroxylation is 1. The minimum Gasteiger partial charge on any atom is -0.370 e. The highest BCUT2D eigenvalue weighted by atomic mass is 15.2. The van der Waals surface area contributed by atoms with Crippen molar-refractivity contribution >= 4 is 17.3 Å². The summed E-state index contributed by atoms with van der Waals surface area (Å²) in [6.45, 7) is 5.90. The van der Waals surface area contributed by atoms with Gasteiger partial charge in [0.05, 0.1) is 0 Å². The molecule has 0 unspecified atom stereocenters. The van der Waals surface area contributed by atoms with Crippen LogP contribution in [0, 0.1) is 6.92 Å². The maximum atomic E-state index is 4.64. The Morgan fingerprint density at radius 1 is 1.12 bits per heavy atom. The first-order valence-electron chi connectivity index (χ1n) is 9.36. The van der Waals surface area contributed by atoms with Crippen LogP contribution < -0.4 is 10.2 Å². The van der Waals surface area contributed by atoms with E-state index in [1.807, 2.05) is 13.0 Å². The van der Waals surface area contributed by atoms with Crippen LogP contribution >= 0.6 is 0 Å². The van der Waals surface area contributed by atoms with E-state index in [-0.39, 0.29) is 0 Å². The molecule has 0 saturated heterocycles. The highest BCUT2D eigenvalue weighted by Crippen LogP contribution is 2.25. The van der Waals surface area contributed by atoms with Crippen LogP contribution in [-0.2, 0) is 0 Å². The van der Waals surface area contributed by atoms with Gasteiger partial charge in [0.25, 0.3) is 0 Å². The first kappa shape index (κ1) is 17.5. The number of nitrogens with one attached hydrogen (secondary N) is 1. The summed E-state index contributed by atoms with van der Waals surface area (Å²) in [5.74, 6) is 2.65. The molecule has 3 rings (SSSR count). The van der Waals surface area contributed by atoms with Crippen LogP contribution in [0.3, 0.4) is 0 Å². The predicted octanol–water partition coefficient (Wildman–Crippen LogP) is 5.25. The van der Waals surface area contributed by atoms with Gasteiger partial charge in [-0.3, -0.25) is 0 Å². The highest BCUT2D eigenvalue weighted by Gasteiger charge is 2.11. The number of benzene rings is 1. The average Bonchev–Trinajstić information content (AvgIpc) is 2.64. The summed E-state index contributed by atoms with van der Waals surface area (Å²) in [6.07, 6.45) is 8.70. The Kier molecular flexibility index (Phi) is 6.04. The molecule has 0 aliphatic heterocycles. The van der Waals surface area contributed by atoms with Gasteiger partial charge in [-0.05, 0) is 58.1 Å². The molecule has 4 heteroatoms. The second kappa shape index (κ2) is 8.65.